The molecular formula is C22H17N3O2S. The molecule has 2 heterocycles. The van der Waals surface area contributed by atoms with Gasteiger partial charge >= 0.3 is 0 Å². The summed E-state index contributed by atoms with van der Waals surface area (Å²) < 4.78 is 0. The second kappa shape index (κ2) is 7.29. The van der Waals surface area contributed by atoms with E-state index < -0.39 is 5.92 Å². The molecule has 1 aromatic heterocycles. The maximum Gasteiger partial charge on any atom is 0.254 e. The van der Waals surface area contributed by atoms with Gasteiger partial charge in [0.2, 0.25) is 5.91 Å². The van der Waals surface area contributed by atoms with Crippen LogP contribution in [0.5, 0.6) is 0 Å². The third-order valence-corrected chi connectivity index (χ3v) is 5.90. The molecule has 2 amide bonds. The summed E-state index contributed by atoms with van der Waals surface area (Å²) in [5.41, 5.74) is 2.30. The molecule has 0 unspecified atom stereocenters. The van der Waals surface area contributed by atoms with Crippen molar-refractivity contribution in [3.05, 3.63) is 87.6 Å². The van der Waals surface area contributed by atoms with E-state index in [1.54, 1.807) is 48.3 Å². The Hall–Kier alpha value is -3.43. The minimum absolute atomic E-state index is 0.0930. The van der Waals surface area contributed by atoms with Crippen LogP contribution < -0.4 is 5.32 Å². The van der Waals surface area contributed by atoms with Gasteiger partial charge in [-0.25, -0.2) is 0 Å². The number of thiophene rings is 1. The van der Waals surface area contributed by atoms with Crippen molar-refractivity contribution in [3.63, 3.8) is 0 Å². The summed E-state index contributed by atoms with van der Waals surface area (Å²) in [6.07, 6.45) is 0. The smallest absolute Gasteiger partial charge is 0.254 e. The van der Waals surface area contributed by atoms with Crippen molar-refractivity contribution in [2.24, 2.45) is 0 Å². The Morgan fingerprint density at radius 3 is 2.71 bits per heavy atom. The van der Waals surface area contributed by atoms with Crippen LogP contribution in [0.2, 0.25) is 0 Å². The first kappa shape index (κ1) is 18.0. The van der Waals surface area contributed by atoms with Crippen molar-refractivity contribution in [1.29, 1.82) is 5.26 Å². The van der Waals surface area contributed by atoms with Gasteiger partial charge in [0.05, 0.1) is 23.6 Å². The van der Waals surface area contributed by atoms with Crippen LogP contribution in [0.25, 0.3) is 0 Å². The molecule has 2 atom stereocenters. The van der Waals surface area contributed by atoms with Gasteiger partial charge in [0.1, 0.15) is 0 Å². The van der Waals surface area contributed by atoms with E-state index in [4.69, 9.17) is 5.26 Å². The first-order valence-electron chi connectivity index (χ1n) is 8.80. The molecule has 0 fully saturated rings. The van der Waals surface area contributed by atoms with E-state index in [1.165, 1.54) is 11.3 Å². The van der Waals surface area contributed by atoms with Gasteiger partial charge in [-0.1, -0.05) is 30.3 Å². The maximum atomic E-state index is 13.4. The highest BCUT2D eigenvalue weighted by molar-refractivity contribution is 7.10. The molecule has 3 aromatic rings. The second-order valence-electron chi connectivity index (χ2n) is 6.62. The Bertz CT molecular complexity index is 1090. The Morgan fingerprint density at radius 2 is 1.96 bits per heavy atom. The molecule has 6 heteroatoms. The van der Waals surface area contributed by atoms with Crippen molar-refractivity contribution in [2.75, 3.05) is 12.4 Å². The predicted molar refractivity (Wildman–Crippen MR) is 108 cm³/mol. The zero-order valence-electron chi connectivity index (χ0n) is 15.1. The molecule has 4 rings (SSSR count). The van der Waals surface area contributed by atoms with Crippen LogP contribution in [0.3, 0.4) is 0 Å². The normalized spacial score (nSPS) is 18.3. The lowest BCUT2D eigenvalue weighted by Gasteiger charge is -2.39. The van der Waals surface area contributed by atoms with Gasteiger partial charge in [0.25, 0.3) is 5.91 Å². The molecule has 2 aromatic carbocycles. The molecule has 0 bridgehead atoms. The van der Waals surface area contributed by atoms with Crippen molar-refractivity contribution in [1.82, 2.24) is 4.90 Å². The highest BCUT2D eigenvalue weighted by atomic mass is 32.1. The molecule has 1 N–H and O–H groups in total. The van der Waals surface area contributed by atoms with E-state index in [1.807, 2.05) is 29.6 Å². The average Bonchev–Trinajstić information content (AvgIpc) is 3.25. The number of anilines is 1. The van der Waals surface area contributed by atoms with Gasteiger partial charge < -0.3 is 10.2 Å². The molecule has 0 saturated carbocycles. The molecule has 5 nitrogen and oxygen atoms in total. The summed E-state index contributed by atoms with van der Waals surface area (Å²) in [5, 5.41) is 14.0. The molecule has 1 aliphatic heterocycles. The lowest BCUT2D eigenvalue weighted by Crippen LogP contribution is -2.43. The minimum atomic E-state index is -0.553. The highest BCUT2D eigenvalue weighted by Gasteiger charge is 2.43. The lowest BCUT2D eigenvalue weighted by molar-refractivity contribution is -0.119. The standard InChI is InChI=1S/C22H17N3O2S/c1-25-20(18-10-5-11-28-18)19(16-8-2-3-9-17(16)22(25)27)21(26)24-15-7-4-6-14(12-15)13-23/h2-12,19-20H,1H3,(H,24,26)/t19-,20+/m0/s1. The van der Waals surface area contributed by atoms with E-state index in [0.717, 1.165) is 10.4 Å². The number of rotatable bonds is 3. The monoisotopic (exact) mass is 387 g/mol. The van der Waals surface area contributed by atoms with Crippen LogP contribution in [-0.2, 0) is 4.79 Å². The fourth-order valence-corrected chi connectivity index (χ4v) is 4.56. The number of carbonyl (C=O) groups excluding carboxylic acids is 2. The number of fused-ring (bicyclic) bond motifs is 1. The fraction of sp³-hybridized carbons (Fsp3) is 0.136. The Kier molecular flexibility index (Phi) is 4.68. The number of hydrogen-bond acceptors (Lipinski definition) is 4. The molecule has 28 heavy (non-hydrogen) atoms. The molecule has 138 valence electrons. The number of nitrogens with zero attached hydrogens (tertiary/aromatic N) is 2. The summed E-state index contributed by atoms with van der Waals surface area (Å²) in [6, 6.07) is 19.6. The van der Waals surface area contributed by atoms with E-state index in [-0.39, 0.29) is 17.9 Å². The fourth-order valence-electron chi connectivity index (χ4n) is 3.66. The van der Waals surface area contributed by atoms with Crippen molar-refractivity contribution in [3.8, 4) is 6.07 Å². The summed E-state index contributed by atoms with van der Waals surface area (Å²) in [7, 11) is 1.74. The maximum absolute atomic E-state index is 13.4. The van der Waals surface area contributed by atoms with Crippen LogP contribution in [0.4, 0.5) is 5.69 Å². The van der Waals surface area contributed by atoms with Crippen molar-refractivity contribution < 1.29 is 9.59 Å². The molecule has 0 aliphatic carbocycles. The van der Waals surface area contributed by atoms with Crippen LogP contribution in [-0.4, -0.2) is 23.8 Å². The van der Waals surface area contributed by atoms with E-state index in [9.17, 15) is 9.59 Å². The van der Waals surface area contributed by atoms with Gasteiger partial charge in [-0.05, 0) is 41.3 Å². The molecule has 0 spiro atoms. The summed E-state index contributed by atoms with van der Waals surface area (Å²) in [4.78, 5) is 28.9. The third kappa shape index (κ3) is 3.06. The van der Waals surface area contributed by atoms with Gasteiger partial charge in [0.15, 0.2) is 0 Å². The topological polar surface area (TPSA) is 73.2 Å². The first-order valence-corrected chi connectivity index (χ1v) is 9.68. The number of amides is 2. The third-order valence-electron chi connectivity index (χ3n) is 4.96. The van der Waals surface area contributed by atoms with Crippen molar-refractivity contribution in [2.45, 2.75) is 12.0 Å². The minimum Gasteiger partial charge on any atom is -0.333 e. The Balaban J connectivity index is 1.78. The SMILES string of the molecule is CN1C(=O)c2ccccc2[C@H](C(=O)Nc2cccc(C#N)c2)[C@H]1c1cccs1. The Morgan fingerprint density at radius 1 is 1.14 bits per heavy atom. The van der Waals surface area contributed by atoms with Crippen LogP contribution >= 0.6 is 11.3 Å². The molecule has 0 radical (unpaired) electrons. The van der Waals surface area contributed by atoms with E-state index in [0.29, 0.717) is 16.8 Å². The summed E-state index contributed by atoms with van der Waals surface area (Å²) in [5.74, 6) is -0.854. The van der Waals surface area contributed by atoms with E-state index in [2.05, 4.69) is 11.4 Å². The van der Waals surface area contributed by atoms with Gasteiger partial charge in [-0.15, -0.1) is 11.3 Å². The zero-order valence-corrected chi connectivity index (χ0v) is 15.9. The number of likely N-dealkylation sites (N-methyl/N-ethyl adjacent to an activating group) is 1. The second-order valence-corrected chi connectivity index (χ2v) is 7.60. The van der Waals surface area contributed by atoms with Gasteiger partial charge in [-0.2, -0.15) is 5.26 Å². The quantitative estimate of drug-likeness (QED) is 0.733. The molecule has 0 saturated heterocycles. The largest absolute Gasteiger partial charge is 0.333 e. The number of nitriles is 1. The molecule has 1 aliphatic rings. The summed E-state index contributed by atoms with van der Waals surface area (Å²) >= 11 is 1.53. The zero-order chi connectivity index (χ0) is 19.7. The van der Waals surface area contributed by atoms with Crippen LogP contribution in [0, 0.1) is 11.3 Å². The average molecular weight is 387 g/mol. The Labute approximate surface area is 166 Å². The summed E-state index contributed by atoms with van der Waals surface area (Å²) in [6.45, 7) is 0. The molecular weight excluding hydrogens is 370 g/mol. The van der Waals surface area contributed by atoms with Crippen molar-refractivity contribution >= 4 is 28.8 Å². The number of carbonyl (C=O) groups is 2. The first-order chi connectivity index (χ1) is 13.6. The van der Waals surface area contributed by atoms with Gasteiger partial charge in [-0.3, -0.25) is 9.59 Å². The van der Waals surface area contributed by atoms with Crippen LogP contribution in [0.15, 0.2) is 66.0 Å². The van der Waals surface area contributed by atoms with E-state index >= 15 is 0 Å². The van der Waals surface area contributed by atoms with Crippen LogP contribution in [0.1, 0.15) is 38.3 Å². The lowest BCUT2D eigenvalue weighted by atomic mass is 9.81. The highest BCUT2D eigenvalue weighted by Crippen LogP contribution is 2.43. The number of benzene rings is 2. The predicted octanol–water partition coefficient (Wildman–Crippen LogP) is 4.17. The van der Waals surface area contributed by atoms with Gasteiger partial charge in [0, 0.05) is 23.2 Å². The number of hydrogen-bond donors (Lipinski definition) is 1. The number of nitrogens with one attached hydrogen (secondary N) is 1.